The zero-order chi connectivity index (χ0) is 22.0. The van der Waals surface area contributed by atoms with Gasteiger partial charge >= 0.3 is 0 Å². The maximum atomic E-state index is 5.74. The molecule has 3 aromatic carbocycles. The molecule has 0 aliphatic carbocycles. The van der Waals surface area contributed by atoms with Crippen molar-refractivity contribution in [2.75, 3.05) is 0 Å². The Morgan fingerprint density at radius 1 is 0.839 bits per heavy atom. The second-order valence-corrected chi connectivity index (χ2v) is 9.23. The van der Waals surface area contributed by atoms with Crippen LogP contribution in [0.4, 0.5) is 0 Å². The molecule has 0 saturated carbocycles. The van der Waals surface area contributed by atoms with E-state index in [1.54, 1.807) is 0 Å². The van der Waals surface area contributed by atoms with Crippen molar-refractivity contribution in [2.24, 2.45) is 0 Å². The van der Waals surface area contributed by atoms with Crippen molar-refractivity contribution in [3.63, 3.8) is 0 Å². The van der Waals surface area contributed by atoms with Gasteiger partial charge in [0.25, 0.3) is 0 Å². The first-order chi connectivity index (χ1) is 14.8. The third-order valence-electron chi connectivity index (χ3n) is 5.30. The first-order valence-corrected chi connectivity index (χ1v) is 10.8. The van der Waals surface area contributed by atoms with Crippen LogP contribution in [0.2, 0.25) is 0 Å². The van der Waals surface area contributed by atoms with Gasteiger partial charge in [-0.05, 0) is 72.4 Å². The molecule has 0 amide bonds. The lowest BCUT2D eigenvalue weighted by atomic mass is 9.87. The lowest BCUT2D eigenvalue weighted by Crippen LogP contribution is -2.10. The zero-order valence-electron chi connectivity index (χ0n) is 19.0. The Kier molecular flexibility index (Phi) is 5.69. The second kappa shape index (κ2) is 8.43. The Hall–Kier alpha value is -3.33. The van der Waals surface area contributed by atoms with E-state index >= 15 is 0 Å². The van der Waals surface area contributed by atoms with Gasteiger partial charge in [0.1, 0.15) is 12.1 Å². The van der Waals surface area contributed by atoms with E-state index in [9.17, 15) is 0 Å². The van der Waals surface area contributed by atoms with Gasteiger partial charge < -0.3 is 4.74 Å². The van der Waals surface area contributed by atoms with Crippen molar-refractivity contribution >= 4 is 23.2 Å². The lowest BCUT2D eigenvalue weighted by Gasteiger charge is -2.18. The summed E-state index contributed by atoms with van der Waals surface area (Å²) < 4.78 is 7.85. The van der Waals surface area contributed by atoms with Gasteiger partial charge in [-0.2, -0.15) is 0 Å². The predicted octanol–water partition coefficient (Wildman–Crippen LogP) is 7.28. The monoisotopic (exact) mass is 410 g/mol. The van der Waals surface area contributed by atoms with E-state index in [1.165, 1.54) is 11.1 Å². The van der Waals surface area contributed by atoms with Crippen molar-refractivity contribution in [3.8, 4) is 11.4 Å². The van der Waals surface area contributed by atoms with E-state index in [0.29, 0.717) is 0 Å². The Morgan fingerprint density at radius 3 is 2.13 bits per heavy atom. The highest BCUT2D eigenvalue weighted by molar-refractivity contribution is 5.82. The predicted molar refractivity (Wildman–Crippen MR) is 131 cm³/mol. The molecule has 4 rings (SSSR count). The van der Waals surface area contributed by atoms with Gasteiger partial charge in [0.05, 0.1) is 17.1 Å². The molecule has 0 radical (unpaired) electrons. The topological polar surface area (TPSA) is 27.1 Å². The third-order valence-corrected chi connectivity index (χ3v) is 5.30. The van der Waals surface area contributed by atoms with Gasteiger partial charge in [0.15, 0.2) is 0 Å². The number of ether oxygens (including phenoxy) is 1. The standard InChI is InChI=1S/C28H30N2O/c1-20(2)31-25-15-13-24(14-16-25)30-19-29-26-18-22(10-17-27(26)30)7-6-21-8-11-23(12-9-21)28(3,4)5/h6-20H,1-5H3/b7-6-. The molecule has 0 bridgehead atoms. The molecule has 0 N–H and O–H groups in total. The van der Waals surface area contributed by atoms with E-state index in [4.69, 9.17) is 4.74 Å². The lowest BCUT2D eigenvalue weighted by molar-refractivity contribution is 0.242. The molecule has 0 spiro atoms. The molecule has 1 aromatic heterocycles. The van der Waals surface area contributed by atoms with E-state index in [1.807, 2.05) is 32.3 Å². The summed E-state index contributed by atoms with van der Waals surface area (Å²) in [4.78, 5) is 4.62. The molecule has 0 fully saturated rings. The smallest absolute Gasteiger partial charge is 0.119 e. The fourth-order valence-corrected chi connectivity index (χ4v) is 3.58. The number of fused-ring (bicyclic) bond motifs is 1. The van der Waals surface area contributed by atoms with Gasteiger partial charge in [-0.15, -0.1) is 0 Å². The van der Waals surface area contributed by atoms with Crippen LogP contribution < -0.4 is 4.74 Å². The molecule has 31 heavy (non-hydrogen) atoms. The molecule has 158 valence electrons. The Balaban J connectivity index is 1.54. The molecule has 0 atom stereocenters. The largest absolute Gasteiger partial charge is 0.491 e. The van der Waals surface area contributed by atoms with Crippen LogP contribution in [0.1, 0.15) is 51.3 Å². The number of imidazole rings is 1. The Labute approximate surface area is 185 Å². The summed E-state index contributed by atoms with van der Waals surface area (Å²) >= 11 is 0. The van der Waals surface area contributed by atoms with Crippen LogP contribution >= 0.6 is 0 Å². The van der Waals surface area contributed by atoms with Gasteiger partial charge in [-0.3, -0.25) is 4.57 Å². The quantitative estimate of drug-likeness (QED) is 0.323. The number of nitrogens with zero attached hydrogens (tertiary/aromatic N) is 2. The summed E-state index contributed by atoms with van der Waals surface area (Å²) in [6.45, 7) is 10.8. The highest BCUT2D eigenvalue weighted by Crippen LogP contribution is 2.24. The minimum atomic E-state index is 0.169. The van der Waals surface area contributed by atoms with Crippen molar-refractivity contribution < 1.29 is 4.74 Å². The van der Waals surface area contributed by atoms with E-state index in [-0.39, 0.29) is 11.5 Å². The van der Waals surface area contributed by atoms with E-state index < -0.39 is 0 Å². The summed E-state index contributed by atoms with van der Waals surface area (Å²) in [6, 6.07) is 23.3. The van der Waals surface area contributed by atoms with Crippen LogP contribution in [-0.2, 0) is 5.41 Å². The molecular weight excluding hydrogens is 380 g/mol. The number of hydrogen-bond donors (Lipinski definition) is 0. The SMILES string of the molecule is CC(C)Oc1ccc(-n2cnc3cc(/C=C\c4ccc(C(C)(C)C)cc4)ccc32)cc1. The Bertz CT molecular complexity index is 1190. The number of aromatic nitrogens is 2. The molecule has 3 nitrogen and oxygen atoms in total. The molecule has 4 aromatic rings. The molecule has 3 heteroatoms. The van der Waals surface area contributed by atoms with Crippen LogP contribution in [0.15, 0.2) is 73.1 Å². The third kappa shape index (κ3) is 4.88. The van der Waals surface area contributed by atoms with Gasteiger partial charge in [-0.25, -0.2) is 4.98 Å². The molecule has 0 saturated heterocycles. The van der Waals surface area contributed by atoms with Gasteiger partial charge in [0.2, 0.25) is 0 Å². The van der Waals surface area contributed by atoms with Gasteiger partial charge in [-0.1, -0.05) is 63.3 Å². The molecular formula is C28H30N2O. The normalized spacial score (nSPS) is 12.2. The van der Waals surface area contributed by atoms with Crippen molar-refractivity contribution in [1.29, 1.82) is 0 Å². The molecule has 0 unspecified atom stereocenters. The van der Waals surface area contributed by atoms with Crippen LogP contribution in [0, 0.1) is 0 Å². The summed E-state index contributed by atoms with van der Waals surface area (Å²) in [7, 11) is 0. The maximum absolute atomic E-state index is 5.74. The maximum Gasteiger partial charge on any atom is 0.119 e. The Morgan fingerprint density at radius 2 is 1.48 bits per heavy atom. The number of hydrogen-bond acceptors (Lipinski definition) is 2. The average Bonchev–Trinajstić information content (AvgIpc) is 3.15. The first-order valence-electron chi connectivity index (χ1n) is 10.8. The fraction of sp³-hybridized carbons (Fsp3) is 0.250. The summed E-state index contributed by atoms with van der Waals surface area (Å²) in [6.07, 6.45) is 6.34. The molecule has 0 aliphatic rings. The fourth-order valence-electron chi connectivity index (χ4n) is 3.58. The van der Waals surface area contributed by atoms with Crippen LogP contribution in [0.25, 0.3) is 28.9 Å². The van der Waals surface area contributed by atoms with Crippen molar-refractivity contribution in [1.82, 2.24) is 9.55 Å². The number of rotatable bonds is 5. The van der Waals surface area contributed by atoms with Crippen LogP contribution in [0.3, 0.4) is 0 Å². The summed E-state index contributed by atoms with van der Waals surface area (Å²) in [5, 5.41) is 0. The van der Waals surface area contributed by atoms with Crippen LogP contribution in [0.5, 0.6) is 5.75 Å². The van der Waals surface area contributed by atoms with Crippen molar-refractivity contribution in [2.45, 2.75) is 46.1 Å². The second-order valence-electron chi connectivity index (χ2n) is 9.23. The van der Waals surface area contributed by atoms with E-state index in [2.05, 4.69) is 97.1 Å². The summed E-state index contributed by atoms with van der Waals surface area (Å²) in [5.41, 5.74) is 6.99. The highest BCUT2D eigenvalue weighted by atomic mass is 16.5. The number of benzene rings is 3. The minimum Gasteiger partial charge on any atom is -0.491 e. The zero-order valence-corrected chi connectivity index (χ0v) is 19.0. The molecule has 1 heterocycles. The van der Waals surface area contributed by atoms with E-state index in [0.717, 1.165) is 28.0 Å². The summed E-state index contributed by atoms with van der Waals surface area (Å²) in [5.74, 6) is 0.881. The average molecular weight is 411 g/mol. The van der Waals surface area contributed by atoms with Crippen LogP contribution in [-0.4, -0.2) is 15.7 Å². The molecule has 0 aliphatic heterocycles. The first kappa shape index (κ1) is 20.9. The van der Waals surface area contributed by atoms with Gasteiger partial charge in [0, 0.05) is 5.69 Å². The highest BCUT2D eigenvalue weighted by Gasteiger charge is 2.12. The van der Waals surface area contributed by atoms with Crippen molar-refractivity contribution in [3.05, 3.63) is 89.7 Å². The minimum absolute atomic E-state index is 0.169.